The Kier molecular flexibility index (Phi) is 2.80. The Morgan fingerprint density at radius 2 is 1.67 bits per heavy atom. The Morgan fingerprint density at radius 1 is 1.04 bits per heavy atom. The van der Waals surface area contributed by atoms with Crippen LogP contribution in [0.4, 0.5) is 5.69 Å². The second-order valence-corrected chi connectivity index (χ2v) is 7.91. The zero-order chi connectivity index (χ0) is 16.6. The minimum atomic E-state index is -0.0998. The Hall–Kier alpha value is -2.10. The van der Waals surface area contributed by atoms with Gasteiger partial charge in [0, 0.05) is 5.69 Å². The minimum absolute atomic E-state index is 0.0342. The van der Waals surface area contributed by atoms with E-state index in [-0.39, 0.29) is 30.3 Å². The lowest BCUT2D eigenvalue weighted by atomic mass is 9.63. The summed E-state index contributed by atoms with van der Waals surface area (Å²) in [4.78, 5) is 27.3. The van der Waals surface area contributed by atoms with E-state index in [0.29, 0.717) is 23.7 Å². The second kappa shape index (κ2) is 4.71. The summed E-state index contributed by atoms with van der Waals surface area (Å²) in [6.45, 7) is 4.38. The van der Waals surface area contributed by atoms with Crippen LogP contribution in [0.25, 0.3) is 0 Å². The molecule has 0 aromatic heterocycles. The normalized spacial score (nSPS) is 38.3. The molecule has 1 heterocycles. The molecule has 5 aliphatic rings. The van der Waals surface area contributed by atoms with Gasteiger partial charge in [-0.2, -0.15) is 0 Å². The van der Waals surface area contributed by atoms with Crippen LogP contribution in [-0.4, -0.2) is 23.4 Å². The van der Waals surface area contributed by atoms with Crippen molar-refractivity contribution in [3.8, 4) is 0 Å². The van der Waals surface area contributed by atoms with Crippen LogP contribution >= 0.6 is 0 Å². The van der Waals surface area contributed by atoms with Gasteiger partial charge in [0.05, 0.1) is 18.5 Å². The third kappa shape index (κ3) is 1.80. The van der Waals surface area contributed by atoms with E-state index in [9.17, 15) is 9.59 Å². The number of nitrogens with zero attached hydrogens (tertiary/aromatic N) is 1. The molecule has 124 valence electrons. The number of imide groups is 1. The number of carbonyl (C=O) groups is 2. The fraction of sp³-hybridized carbons (Fsp3) is 0.500. The molecule has 3 fully saturated rings. The molecule has 4 nitrogen and oxygen atoms in total. The Labute approximate surface area is 141 Å². The van der Waals surface area contributed by atoms with E-state index < -0.39 is 0 Å². The molecule has 1 aromatic rings. The molecule has 0 spiro atoms. The van der Waals surface area contributed by atoms with Gasteiger partial charge in [-0.15, -0.1) is 0 Å². The van der Waals surface area contributed by atoms with E-state index in [1.165, 1.54) is 16.9 Å². The van der Waals surface area contributed by atoms with E-state index in [0.717, 1.165) is 11.3 Å². The number of likely N-dealkylation sites (tertiary alicyclic amines) is 1. The van der Waals surface area contributed by atoms with Crippen molar-refractivity contribution in [2.24, 2.45) is 35.5 Å². The molecule has 1 aromatic carbocycles. The average molecular weight is 322 g/mol. The first kappa shape index (κ1) is 14.3. The Morgan fingerprint density at radius 3 is 2.25 bits per heavy atom. The summed E-state index contributed by atoms with van der Waals surface area (Å²) in [5.41, 5.74) is 3.33. The smallest absolute Gasteiger partial charge is 0.235 e. The summed E-state index contributed by atoms with van der Waals surface area (Å²) in [6, 6.07) is 6.16. The highest BCUT2D eigenvalue weighted by Crippen LogP contribution is 2.65. The minimum Gasteiger partial charge on any atom is -0.367 e. The van der Waals surface area contributed by atoms with Crippen LogP contribution in [-0.2, 0) is 9.59 Å². The van der Waals surface area contributed by atoms with Gasteiger partial charge in [-0.25, -0.2) is 0 Å². The lowest BCUT2D eigenvalue weighted by Crippen LogP contribution is -2.40. The molecule has 1 aliphatic heterocycles. The lowest BCUT2D eigenvalue weighted by Gasteiger charge is -2.37. The number of hydrogen-bond acceptors (Lipinski definition) is 3. The predicted octanol–water partition coefficient (Wildman–Crippen LogP) is 2.73. The first-order valence-electron chi connectivity index (χ1n) is 8.91. The predicted molar refractivity (Wildman–Crippen MR) is 91.0 cm³/mol. The molecule has 0 radical (unpaired) electrons. The summed E-state index contributed by atoms with van der Waals surface area (Å²) in [6.07, 6.45) is 5.63. The van der Waals surface area contributed by atoms with Crippen molar-refractivity contribution in [1.82, 2.24) is 4.90 Å². The molecule has 1 N–H and O–H groups in total. The van der Waals surface area contributed by atoms with Gasteiger partial charge in [0.25, 0.3) is 0 Å². The first-order chi connectivity index (χ1) is 11.6. The number of rotatable bonds is 3. The first-order valence-corrected chi connectivity index (χ1v) is 8.91. The quantitative estimate of drug-likeness (QED) is 0.688. The molecule has 2 bridgehead atoms. The highest BCUT2D eigenvalue weighted by molar-refractivity contribution is 6.06. The maximum Gasteiger partial charge on any atom is 0.235 e. The second-order valence-electron chi connectivity index (χ2n) is 7.91. The highest BCUT2D eigenvalue weighted by Gasteiger charge is 2.66. The van der Waals surface area contributed by atoms with E-state index in [2.05, 4.69) is 30.5 Å². The van der Waals surface area contributed by atoms with Crippen molar-refractivity contribution in [2.45, 2.75) is 20.3 Å². The number of benzene rings is 1. The van der Waals surface area contributed by atoms with Gasteiger partial charge in [0.15, 0.2) is 0 Å². The zero-order valence-electron chi connectivity index (χ0n) is 14.0. The van der Waals surface area contributed by atoms with Crippen LogP contribution in [0.3, 0.4) is 0 Å². The van der Waals surface area contributed by atoms with E-state index in [1.807, 2.05) is 19.1 Å². The molecule has 2 saturated carbocycles. The van der Waals surface area contributed by atoms with Crippen LogP contribution < -0.4 is 5.32 Å². The maximum atomic E-state index is 12.9. The van der Waals surface area contributed by atoms with Crippen molar-refractivity contribution < 1.29 is 9.59 Å². The largest absolute Gasteiger partial charge is 0.367 e. The maximum absolute atomic E-state index is 12.9. The number of allylic oxidation sites excluding steroid dienone is 2. The fourth-order valence-electron chi connectivity index (χ4n) is 5.35. The van der Waals surface area contributed by atoms with Crippen molar-refractivity contribution in [1.29, 1.82) is 0 Å². The van der Waals surface area contributed by atoms with Crippen LogP contribution in [0.5, 0.6) is 0 Å². The topological polar surface area (TPSA) is 49.4 Å². The molecule has 4 heteroatoms. The van der Waals surface area contributed by atoms with Crippen molar-refractivity contribution in [3.05, 3.63) is 41.5 Å². The number of carbonyl (C=O) groups excluding carboxylic acids is 2. The molecule has 6 rings (SSSR count). The highest BCUT2D eigenvalue weighted by atomic mass is 16.2. The number of anilines is 1. The molecule has 1 saturated heterocycles. The molecule has 24 heavy (non-hydrogen) atoms. The van der Waals surface area contributed by atoms with Gasteiger partial charge in [-0.1, -0.05) is 29.8 Å². The van der Waals surface area contributed by atoms with Crippen LogP contribution in [0.1, 0.15) is 17.5 Å². The van der Waals surface area contributed by atoms with Gasteiger partial charge in [0.2, 0.25) is 11.8 Å². The molecule has 6 atom stereocenters. The van der Waals surface area contributed by atoms with Crippen LogP contribution in [0, 0.1) is 49.4 Å². The Bertz CT molecular complexity index is 748. The number of aryl methyl sites for hydroxylation is 2. The third-order valence-electron chi connectivity index (χ3n) is 6.56. The molecule has 0 unspecified atom stereocenters. The summed E-state index contributed by atoms with van der Waals surface area (Å²) < 4.78 is 0. The van der Waals surface area contributed by atoms with Crippen molar-refractivity contribution >= 4 is 17.5 Å². The molecule has 4 aliphatic carbocycles. The summed E-state index contributed by atoms with van der Waals surface area (Å²) in [5, 5.41) is 3.29. The van der Waals surface area contributed by atoms with E-state index in [1.54, 1.807) is 0 Å². The SMILES string of the molecule is Cc1ccc(NCN2C(=O)[C@@H]3[C@H]4C=C[C@@H]([C@@H]5C[C@H]45)[C@@H]3C2=O)c(C)c1. The van der Waals surface area contributed by atoms with Crippen LogP contribution in [0.15, 0.2) is 30.4 Å². The summed E-state index contributed by atoms with van der Waals surface area (Å²) in [5.74, 6) is 1.78. The van der Waals surface area contributed by atoms with Crippen molar-refractivity contribution in [2.75, 3.05) is 12.0 Å². The third-order valence-corrected chi connectivity index (χ3v) is 6.56. The van der Waals surface area contributed by atoms with Crippen LogP contribution in [0.2, 0.25) is 0 Å². The number of hydrogen-bond donors (Lipinski definition) is 1. The molecular formula is C20H22N2O2. The zero-order valence-corrected chi connectivity index (χ0v) is 14.0. The standard InChI is InChI=1S/C20H22N2O2/c1-10-3-6-16(11(2)7-10)21-9-22-19(23)17-12-4-5-13(15-8-14(12)15)18(17)20(22)24/h3-7,12-15,17-18,21H,8-9H2,1-2H3/t12-,13-,14-,15+,17-,18+/m0/s1. The Balaban J connectivity index is 1.37. The van der Waals surface area contributed by atoms with Gasteiger partial charge in [-0.05, 0) is 55.6 Å². The van der Waals surface area contributed by atoms with Crippen molar-refractivity contribution in [3.63, 3.8) is 0 Å². The molecule has 2 amide bonds. The molecular weight excluding hydrogens is 300 g/mol. The van der Waals surface area contributed by atoms with Gasteiger partial charge in [-0.3, -0.25) is 14.5 Å². The average Bonchev–Trinajstić information content (AvgIpc) is 3.33. The summed E-state index contributed by atoms with van der Waals surface area (Å²) in [7, 11) is 0. The fourth-order valence-corrected chi connectivity index (χ4v) is 5.35. The lowest BCUT2D eigenvalue weighted by molar-refractivity contribution is -0.139. The van der Waals surface area contributed by atoms with E-state index >= 15 is 0 Å². The monoisotopic (exact) mass is 322 g/mol. The number of amides is 2. The summed E-state index contributed by atoms with van der Waals surface area (Å²) >= 11 is 0. The van der Waals surface area contributed by atoms with Gasteiger partial charge < -0.3 is 5.32 Å². The van der Waals surface area contributed by atoms with E-state index in [4.69, 9.17) is 0 Å². The number of nitrogens with one attached hydrogen (secondary N) is 1. The van der Waals surface area contributed by atoms with Gasteiger partial charge >= 0.3 is 0 Å². The van der Waals surface area contributed by atoms with Gasteiger partial charge in [0.1, 0.15) is 0 Å².